The molecule has 1 atom stereocenters. The third-order valence-electron chi connectivity index (χ3n) is 9.42. The van der Waals surface area contributed by atoms with Gasteiger partial charge in [0.2, 0.25) is 0 Å². The van der Waals surface area contributed by atoms with Crippen LogP contribution in [-0.2, 0) is 11.4 Å². The largest absolute Gasteiger partial charge is 0.382 e. The summed E-state index contributed by atoms with van der Waals surface area (Å²) in [5.41, 5.74) is 17.4. The molecular formula is C33H35N9O3. The number of piperidine rings is 1. The first-order chi connectivity index (χ1) is 22.0. The number of rotatable bonds is 7. The number of carbonyl (C=O) groups is 1. The molecule has 5 aromatic rings. The molecule has 8 rings (SSSR count). The second-order valence-electron chi connectivity index (χ2n) is 12.3. The molecule has 1 amide bonds. The lowest BCUT2D eigenvalue weighted by Crippen LogP contribution is -2.34. The van der Waals surface area contributed by atoms with Gasteiger partial charge in [0.25, 0.3) is 11.5 Å². The van der Waals surface area contributed by atoms with E-state index >= 15 is 0 Å². The number of hydrogen-bond donors (Lipinski definition) is 2. The molecule has 4 N–H and O–H groups in total. The van der Waals surface area contributed by atoms with Crippen molar-refractivity contribution in [2.45, 2.75) is 63.0 Å². The number of hydroxylamine groups is 2. The Morgan fingerprint density at radius 1 is 0.956 bits per heavy atom. The van der Waals surface area contributed by atoms with Crippen molar-refractivity contribution in [2.24, 2.45) is 5.73 Å². The monoisotopic (exact) mass is 605 g/mol. The molecule has 6 heterocycles. The lowest BCUT2D eigenvalue weighted by Gasteiger charge is -2.30. The van der Waals surface area contributed by atoms with Gasteiger partial charge in [-0.2, -0.15) is 14.8 Å². The number of pyridine rings is 1. The summed E-state index contributed by atoms with van der Waals surface area (Å²) in [6.45, 7) is 2.37. The number of primary amides is 1. The molecule has 2 aliphatic heterocycles. The molecule has 3 aliphatic rings. The molecule has 0 radical (unpaired) electrons. The van der Waals surface area contributed by atoms with E-state index in [0.29, 0.717) is 35.9 Å². The summed E-state index contributed by atoms with van der Waals surface area (Å²) < 4.78 is 5.31. The Morgan fingerprint density at radius 3 is 2.47 bits per heavy atom. The fraction of sp³-hybridized carbons (Fsp3) is 0.364. The first-order valence-electron chi connectivity index (χ1n) is 15.7. The Morgan fingerprint density at radius 2 is 1.76 bits per heavy atom. The van der Waals surface area contributed by atoms with Gasteiger partial charge >= 0.3 is 0 Å². The molecule has 1 aromatic carbocycles. The van der Waals surface area contributed by atoms with Gasteiger partial charge in [-0.05, 0) is 67.9 Å². The average molecular weight is 606 g/mol. The Bertz CT molecular complexity index is 1950. The Balaban J connectivity index is 1.14. The number of nitrogens with two attached hydrogens (primary N) is 2. The minimum atomic E-state index is -0.727. The molecule has 12 heteroatoms. The molecule has 2 fully saturated rings. The van der Waals surface area contributed by atoms with Crippen molar-refractivity contribution in [3.8, 4) is 16.9 Å². The molecule has 12 nitrogen and oxygen atoms in total. The van der Waals surface area contributed by atoms with Gasteiger partial charge in [-0.15, -0.1) is 0 Å². The number of carbonyl (C=O) groups excluding carboxylic acids is 1. The molecule has 4 aromatic heterocycles. The molecule has 1 aliphatic carbocycles. The van der Waals surface area contributed by atoms with E-state index in [1.165, 1.54) is 11.0 Å². The van der Waals surface area contributed by atoms with E-state index in [4.69, 9.17) is 16.3 Å². The van der Waals surface area contributed by atoms with Gasteiger partial charge in [-0.3, -0.25) is 19.1 Å². The van der Waals surface area contributed by atoms with Crippen LogP contribution in [0.25, 0.3) is 22.5 Å². The molecule has 45 heavy (non-hydrogen) atoms. The highest BCUT2D eigenvalue weighted by atomic mass is 16.7. The second-order valence-corrected chi connectivity index (χ2v) is 12.3. The smallest absolute Gasteiger partial charge is 0.286 e. The van der Waals surface area contributed by atoms with E-state index in [9.17, 15) is 9.59 Å². The quantitative estimate of drug-likeness (QED) is 0.285. The van der Waals surface area contributed by atoms with Crippen molar-refractivity contribution in [1.29, 1.82) is 0 Å². The van der Waals surface area contributed by atoms with E-state index in [1.54, 1.807) is 18.3 Å². The van der Waals surface area contributed by atoms with E-state index < -0.39 is 11.5 Å². The summed E-state index contributed by atoms with van der Waals surface area (Å²) in [4.78, 5) is 40.9. The Labute approximate surface area is 259 Å². The van der Waals surface area contributed by atoms with Gasteiger partial charge in [0.1, 0.15) is 17.4 Å². The Hall–Kier alpha value is -4.81. The van der Waals surface area contributed by atoms with Gasteiger partial charge < -0.3 is 11.5 Å². The van der Waals surface area contributed by atoms with Crippen LogP contribution in [0.15, 0.2) is 65.8 Å². The second kappa shape index (κ2) is 11.0. The first kappa shape index (κ1) is 27.7. The van der Waals surface area contributed by atoms with E-state index in [2.05, 4.69) is 50.5 Å². The van der Waals surface area contributed by atoms with Crippen molar-refractivity contribution in [3.63, 3.8) is 0 Å². The van der Waals surface area contributed by atoms with Crippen molar-refractivity contribution in [2.75, 3.05) is 18.8 Å². The summed E-state index contributed by atoms with van der Waals surface area (Å²) in [5, 5.41) is 6.73. The number of fused-ring (bicyclic) bond motifs is 2. The number of hydrogen-bond acceptors (Lipinski definition) is 8. The molecule has 1 saturated heterocycles. The van der Waals surface area contributed by atoms with Gasteiger partial charge in [0.05, 0.1) is 11.8 Å². The predicted molar refractivity (Wildman–Crippen MR) is 168 cm³/mol. The number of nitrogen functional groups attached to an aromatic ring is 1. The van der Waals surface area contributed by atoms with Crippen LogP contribution >= 0.6 is 0 Å². The summed E-state index contributed by atoms with van der Waals surface area (Å²) in [6, 6.07) is 15.9. The van der Waals surface area contributed by atoms with Gasteiger partial charge in [0.15, 0.2) is 11.6 Å². The van der Waals surface area contributed by atoms with Gasteiger partial charge in [-0.1, -0.05) is 30.3 Å². The lowest BCUT2D eigenvalue weighted by atomic mass is 9.86. The van der Waals surface area contributed by atoms with Crippen molar-refractivity contribution in [3.05, 3.63) is 93.9 Å². The highest BCUT2D eigenvalue weighted by molar-refractivity contribution is 5.94. The fourth-order valence-corrected chi connectivity index (χ4v) is 7.12. The van der Waals surface area contributed by atoms with Crippen LogP contribution in [-0.4, -0.2) is 59.1 Å². The fourth-order valence-electron chi connectivity index (χ4n) is 7.12. The van der Waals surface area contributed by atoms with Crippen molar-refractivity contribution >= 4 is 17.2 Å². The van der Waals surface area contributed by atoms with E-state index in [1.807, 2.05) is 15.3 Å². The maximum atomic E-state index is 13.5. The molecular weight excluding hydrogens is 570 g/mol. The van der Waals surface area contributed by atoms with Crippen LogP contribution in [0.4, 0.5) is 5.82 Å². The van der Waals surface area contributed by atoms with Crippen molar-refractivity contribution in [1.82, 2.24) is 34.0 Å². The normalized spacial score (nSPS) is 19.2. The van der Waals surface area contributed by atoms with Gasteiger partial charge in [-0.25, -0.2) is 14.5 Å². The van der Waals surface area contributed by atoms with Crippen LogP contribution in [0, 0.1) is 0 Å². The minimum absolute atomic E-state index is 0.0241. The molecule has 1 saturated carbocycles. The van der Waals surface area contributed by atoms with Crippen LogP contribution in [0.2, 0.25) is 0 Å². The number of anilines is 1. The minimum Gasteiger partial charge on any atom is -0.382 e. The molecule has 0 bridgehead atoms. The zero-order valence-corrected chi connectivity index (χ0v) is 24.9. The maximum absolute atomic E-state index is 13.5. The number of nitrogens with zero attached hydrogens (tertiary/aromatic N) is 7. The highest BCUT2D eigenvalue weighted by Gasteiger charge is 2.34. The molecule has 1 unspecified atom stereocenters. The standard InChI is InChI=1S/C33H35N9O3/c34-31-30-25(18-26(41(30)38-19-37-31)22-12-16-39(17-13-22)45-23-10-11-23)21-8-6-20(7-9-21)24-4-3-15-40-29(24)28(32(35)43)33(44)42(40)27-5-1-2-14-36-27/h1-2,5-9,14,18-19,22-24H,3-4,10-13,15-17H2,(H2,35,43)(H2,34,37,38). The Kier molecular flexibility index (Phi) is 6.76. The number of amides is 1. The lowest BCUT2D eigenvalue weighted by molar-refractivity contribution is -0.180. The third-order valence-corrected chi connectivity index (χ3v) is 9.42. The first-order valence-corrected chi connectivity index (χ1v) is 15.7. The topological polar surface area (TPSA) is 152 Å². The molecule has 0 spiro atoms. The van der Waals surface area contributed by atoms with E-state index in [0.717, 1.165) is 79.5 Å². The van der Waals surface area contributed by atoms with E-state index in [-0.39, 0.29) is 11.5 Å². The van der Waals surface area contributed by atoms with Gasteiger partial charge in [0, 0.05) is 48.9 Å². The molecule has 230 valence electrons. The zero-order valence-electron chi connectivity index (χ0n) is 24.9. The van der Waals surface area contributed by atoms with Crippen LogP contribution in [0.1, 0.15) is 77.7 Å². The SMILES string of the molecule is NC(=O)c1c2n(n(-c3ccccn3)c1=O)CCCC2c1ccc(-c2cc(C3CCN(OC4CC4)CC3)n3ncnc(N)c23)cc1. The maximum Gasteiger partial charge on any atom is 0.286 e. The summed E-state index contributed by atoms with van der Waals surface area (Å²) in [6.07, 6.45) is 9.45. The van der Waals surface area contributed by atoms with Crippen LogP contribution in [0.3, 0.4) is 0 Å². The summed E-state index contributed by atoms with van der Waals surface area (Å²) in [7, 11) is 0. The summed E-state index contributed by atoms with van der Waals surface area (Å²) >= 11 is 0. The average Bonchev–Trinajstić information content (AvgIpc) is 3.70. The number of aromatic nitrogens is 6. The summed E-state index contributed by atoms with van der Waals surface area (Å²) in [5.74, 6) is 0.321. The predicted octanol–water partition coefficient (Wildman–Crippen LogP) is 3.62. The van der Waals surface area contributed by atoms with Crippen LogP contribution < -0.4 is 17.0 Å². The van der Waals surface area contributed by atoms with Crippen molar-refractivity contribution < 1.29 is 9.63 Å². The zero-order chi connectivity index (χ0) is 30.7. The third kappa shape index (κ3) is 4.81. The van der Waals surface area contributed by atoms with Crippen LogP contribution in [0.5, 0.6) is 0 Å². The highest BCUT2D eigenvalue weighted by Crippen LogP contribution is 2.40. The number of benzene rings is 1.